The lowest BCUT2D eigenvalue weighted by atomic mass is 10.1. The van der Waals surface area contributed by atoms with Gasteiger partial charge < -0.3 is 10.6 Å². The summed E-state index contributed by atoms with van der Waals surface area (Å²) in [7, 11) is 0. The Kier molecular flexibility index (Phi) is 4.46. The number of hydrogen-bond donors (Lipinski definition) is 2. The topological polar surface area (TPSA) is 84.3 Å². The van der Waals surface area contributed by atoms with E-state index in [1.165, 1.54) is 6.07 Å². The van der Waals surface area contributed by atoms with Gasteiger partial charge in [0.15, 0.2) is 0 Å². The maximum absolute atomic E-state index is 11.9. The molecule has 1 heterocycles. The second kappa shape index (κ2) is 6.29. The third kappa shape index (κ3) is 3.75. The van der Waals surface area contributed by atoms with Crippen molar-refractivity contribution in [1.29, 1.82) is 0 Å². The van der Waals surface area contributed by atoms with E-state index in [1.807, 2.05) is 0 Å². The number of carbonyl (C=O) groups is 1. The number of benzene rings is 1. The second-order valence-corrected chi connectivity index (χ2v) is 4.67. The summed E-state index contributed by atoms with van der Waals surface area (Å²) in [5.41, 5.74) is 0.452. The van der Waals surface area contributed by atoms with Crippen LogP contribution in [0.1, 0.15) is 18.4 Å². The minimum atomic E-state index is -0.454. The Hall–Kier alpha value is -1.95. The normalized spacial score (nSPS) is 18.8. The van der Waals surface area contributed by atoms with E-state index in [0.29, 0.717) is 5.56 Å². The first kappa shape index (κ1) is 13.5. The smallest absolute Gasteiger partial charge is 0.273 e. The Labute approximate surface area is 111 Å². The molecular weight excluding hydrogens is 246 g/mol. The van der Waals surface area contributed by atoms with Gasteiger partial charge in [-0.15, -0.1) is 0 Å². The van der Waals surface area contributed by atoms with Crippen molar-refractivity contribution in [2.45, 2.75) is 25.3 Å². The Bertz CT molecular complexity index is 470. The van der Waals surface area contributed by atoms with Crippen LogP contribution in [0.25, 0.3) is 0 Å². The predicted octanol–water partition coefficient (Wildman–Crippen LogP) is 1.01. The minimum Gasteiger partial charge on any atom is -0.352 e. The van der Waals surface area contributed by atoms with Crippen molar-refractivity contribution in [3.63, 3.8) is 0 Å². The number of amides is 1. The van der Waals surface area contributed by atoms with E-state index >= 15 is 0 Å². The Morgan fingerprint density at radius 3 is 2.95 bits per heavy atom. The van der Waals surface area contributed by atoms with Crippen LogP contribution in [0.3, 0.4) is 0 Å². The zero-order valence-electron chi connectivity index (χ0n) is 10.6. The highest BCUT2D eigenvalue weighted by Gasteiger charge is 2.19. The monoisotopic (exact) mass is 263 g/mol. The molecule has 0 radical (unpaired) electrons. The Morgan fingerprint density at radius 1 is 1.47 bits per heavy atom. The lowest BCUT2D eigenvalue weighted by molar-refractivity contribution is -0.385. The number of para-hydroxylation sites is 1. The number of nitrogens with zero attached hydrogens (tertiary/aromatic N) is 1. The average molecular weight is 263 g/mol. The summed E-state index contributed by atoms with van der Waals surface area (Å²) >= 11 is 0. The van der Waals surface area contributed by atoms with E-state index in [0.717, 1.165) is 25.9 Å². The van der Waals surface area contributed by atoms with E-state index in [-0.39, 0.29) is 24.1 Å². The number of carbonyl (C=O) groups excluding carboxylic acids is 1. The first-order valence-electron chi connectivity index (χ1n) is 6.39. The number of hydrogen-bond acceptors (Lipinski definition) is 4. The van der Waals surface area contributed by atoms with Gasteiger partial charge in [0.2, 0.25) is 5.91 Å². The maximum Gasteiger partial charge on any atom is 0.273 e. The van der Waals surface area contributed by atoms with Crippen LogP contribution in [0.4, 0.5) is 5.69 Å². The molecule has 1 aromatic rings. The molecule has 102 valence electrons. The molecule has 0 spiro atoms. The predicted molar refractivity (Wildman–Crippen MR) is 70.8 cm³/mol. The Morgan fingerprint density at radius 2 is 2.26 bits per heavy atom. The summed E-state index contributed by atoms with van der Waals surface area (Å²) in [6, 6.07) is 6.48. The fraction of sp³-hybridized carbons (Fsp3) is 0.462. The molecule has 1 amide bonds. The summed E-state index contributed by atoms with van der Waals surface area (Å²) in [6.45, 7) is 1.75. The number of nitro benzene ring substituents is 1. The summed E-state index contributed by atoms with van der Waals surface area (Å²) in [6.07, 6.45) is 2.04. The van der Waals surface area contributed by atoms with Crippen molar-refractivity contribution in [3.8, 4) is 0 Å². The quantitative estimate of drug-likeness (QED) is 0.627. The van der Waals surface area contributed by atoms with Crippen LogP contribution in [-0.2, 0) is 11.2 Å². The molecule has 2 rings (SSSR count). The third-order valence-corrected chi connectivity index (χ3v) is 3.20. The highest BCUT2D eigenvalue weighted by Crippen LogP contribution is 2.18. The van der Waals surface area contributed by atoms with Gasteiger partial charge in [-0.3, -0.25) is 14.9 Å². The highest BCUT2D eigenvalue weighted by atomic mass is 16.6. The van der Waals surface area contributed by atoms with Crippen molar-refractivity contribution >= 4 is 11.6 Å². The number of nitro groups is 1. The van der Waals surface area contributed by atoms with Crippen LogP contribution >= 0.6 is 0 Å². The molecule has 1 saturated heterocycles. The lowest BCUT2D eigenvalue weighted by Gasteiger charge is -2.23. The van der Waals surface area contributed by atoms with Crippen LogP contribution < -0.4 is 10.6 Å². The van der Waals surface area contributed by atoms with Gasteiger partial charge in [-0.05, 0) is 19.4 Å². The van der Waals surface area contributed by atoms with Gasteiger partial charge in [-0.25, -0.2) is 0 Å². The van der Waals surface area contributed by atoms with Crippen molar-refractivity contribution in [3.05, 3.63) is 39.9 Å². The summed E-state index contributed by atoms with van der Waals surface area (Å²) in [4.78, 5) is 22.3. The number of rotatable bonds is 4. The van der Waals surface area contributed by atoms with E-state index in [9.17, 15) is 14.9 Å². The molecule has 6 heteroatoms. The molecule has 1 fully saturated rings. The molecule has 1 atom stereocenters. The van der Waals surface area contributed by atoms with Gasteiger partial charge in [0.25, 0.3) is 5.69 Å². The summed E-state index contributed by atoms with van der Waals surface area (Å²) < 4.78 is 0. The fourth-order valence-electron chi connectivity index (χ4n) is 2.27. The first-order chi connectivity index (χ1) is 9.16. The molecule has 6 nitrogen and oxygen atoms in total. The van der Waals surface area contributed by atoms with Gasteiger partial charge in [0.05, 0.1) is 11.3 Å². The third-order valence-electron chi connectivity index (χ3n) is 3.20. The molecule has 2 N–H and O–H groups in total. The molecule has 0 bridgehead atoms. The molecule has 0 unspecified atom stereocenters. The van der Waals surface area contributed by atoms with Crippen molar-refractivity contribution < 1.29 is 9.72 Å². The molecular formula is C13H17N3O3. The molecule has 0 aromatic heterocycles. The molecule has 1 aromatic carbocycles. The fourth-order valence-corrected chi connectivity index (χ4v) is 2.27. The number of nitrogens with one attached hydrogen (secondary N) is 2. The standard InChI is InChI=1S/C13H17N3O3/c17-13(15-11-5-3-7-14-9-11)8-10-4-1-2-6-12(10)16(18)19/h1-2,4,6,11,14H,3,5,7-9H2,(H,15,17)/t11-/m1/s1. The summed E-state index contributed by atoms with van der Waals surface area (Å²) in [5.74, 6) is -0.164. The summed E-state index contributed by atoms with van der Waals surface area (Å²) in [5, 5.41) is 17.0. The average Bonchev–Trinajstić information content (AvgIpc) is 2.40. The van der Waals surface area contributed by atoms with Gasteiger partial charge in [0.1, 0.15) is 0 Å². The van der Waals surface area contributed by atoms with E-state index in [2.05, 4.69) is 10.6 Å². The van der Waals surface area contributed by atoms with E-state index in [1.54, 1.807) is 18.2 Å². The van der Waals surface area contributed by atoms with Crippen LogP contribution in [0.5, 0.6) is 0 Å². The maximum atomic E-state index is 11.9. The zero-order valence-corrected chi connectivity index (χ0v) is 10.6. The largest absolute Gasteiger partial charge is 0.352 e. The van der Waals surface area contributed by atoms with Gasteiger partial charge in [-0.1, -0.05) is 18.2 Å². The van der Waals surface area contributed by atoms with Crippen LogP contribution in [0.15, 0.2) is 24.3 Å². The van der Waals surface area contributed by atoms with Crippen LogP contribution in [0, 0.1) is 10.1 Å². The van der Waals surface area contributed by atoms with Crippen molar-refractivity contribution in [1.82, 2.24) is 10.6 Å². The molecule has 1 aliphatic heterocycles. The molecule has 1 aliphatic rings. The van der Waals surface area contributed by atoms with Crippen molar-refractivity contribution in [2.24, 2.45) is 0 Å². The van der Waals surface area contributed by atoms with Gasteiger partial charge in [-0.2, -0.15) is 0 Å². The molecule has 0 saturated carbocycles. The first-order valence-corrected chi connectivity index (χ1v) is 6.39. The molecule has 19 heavy (non-hydrogen) atoms. The zero-order chi connectivity index (χ0) is 13.7. The van der Waals surface area contributed by atoms with Gasteiger partial charge in [0, 0.05) is 24.2 Å². The lowest BCUT2D eigenvalue weighted by Crippen LogP contribution is -2.46. The van der Waals surface area contributed by atoms with E-state index < -0.39 is 4.92 Å². The second-order valence-electron chi connectivity index (χ2n) is 4.67. The highest BCUT2D eigenvalue weighted by molar-refractivity contribution is 5.80. The van der Waals surface area contributed by atoms with E-state index in [4.69, 9.17) is 0 Å². The number of piperidine rings is 1. The minimum absolute atomic E-state index is 0.000538. The molecule has 0 aliphatic carbocycles. The van der Waals surface area contributed by atoms with Crippen molar-refractivity contribution in [2.75, 3.05) is 13.1 Å². The van der Waals surface area contributed by atoms with Crippen LogP contribution in [-0.4, -0.2) is 30.0 Å². The van der Waals surface area contributed by atoms with Gasteiger partial charge >= 0.3 is 0 Å². The SMILES string of the molecule is O=C(Cc1ccccc1[N+](=O)[O-])N[C@@H]1CCCNC1. The Balaban J connectivity index is 1.96. The van der Waals surface area contributed by atoms with Crippen LogP contribution in [0.2, 0.25) is 0 Å².